The summed E-state index contributed by atoms with van der Waals surface area (Å²) in [6.45, 7) is 6.00. The van der Waals surface area contributed by atoms with Gasteiger partial charge in [0.15, 0.2) is 0 Å². The predicted molar refractivity (Wildman–Crippen MR) is 112 cm³/mol. The van der Waals surface area contributed by atoms with E-state index in [2.05, 4.69) is 19.2 Å². The zero-order valence-electron chi connectivity index (χ0n) is 16.2. The standard InChI is InChI=1S/C21H21N3O4S/c1-11(2)24-8-7-13-16(10-24)29-20(17(13)18(22)25)23-19(26)14-9-12-5-3-4-6-15(12)28-21(14)27/h3-6,9,11H,7-8,10H2,1-2H3,(H2,22,25)(H,23,26)/p+1. The summed E-state index contributed by atoms with van der Waals surface area (Å²) < 4.78 is 5.24. The van der Waals surface area contributed by atoms with Crippen molar-refractivity contribution >= 4 is 39.1 Å². The summed E-state index contributed by atoms with van der Waals surface area (Å²) in [5.74, 6) is -1.19. The molecule has 0 radical (unpaired) electrons. The molecule has 8 heteroatoms. The zero-order valence-corrected chi connectivity index (χ0v) is 17.0. The van der Waals surface area contributed by atoms with Gasteiger partial charge in [-0.25, -0.2) is 4.79 Å². The summed E-state index contributed by atoms with van der Waals surface area (Å²) in [7, 11) is 0. The van der Waals surface area contributed by atoms with E-state index < -0.39 is 17.4 Å². The largest absolute Gasteiger partial charge is 0.422 e. The Morgan fingerprint density at radius 3 is 2.76 bits per heavy atom. The van der Waals surface area contributed by atoms with Crippen molar-refractivity contribution in [2.75, 3.05) is 11.9 Å². The molecule has 1 unspecified atom stereocenters. The van der Waals surface area contributed by atoms with Crippen LogP contribution in [-0.2, 0) is 13.0 Å². The normalized spacial score (nSPS) is 16.0. The number of quaternary nitrogens is 1. The van der Waals surface area contributed by atoms with Gasteiger partial charge in [0.05, 0.1) is 23.0 Å². The maximum absolute atomic E-state index is 12.8. The Hall–Kier alpha value is -2.97. The molecule has 3 heterocycles. The van der Waals surface area contributed by atoms with Crippen LogP contribution in [0.5, 0.6) is 0 Å². The van der Waals surface area contributed by atoms with Crippen molar-refractivity contribution in [3.63, 3.8) is 0 Å². The summed E-state index contributed by atoms with van der Waals surface area (Å²) in [5.41, 5.74) is 6.47. The summed E-state index contributed by atoms with van der Waals surface area (Å²) >= 11 is 1.36. The minimum absolute atomic E-state index is 0.111. The van der Waals surface area contributed by atoms with Crippen molar-refractivity contribution in [1.82, 2.24) is 0 Å². The fraction of sp³-hybridized carbons (Fsp3) is 0.286. The number of rotatable bonds is 4. The molecule has 4 N–H and O–H groups in total. The number of anilines is 1. The number of primary amides is 1. The molecule has 0 spiro atoms. The van der Waals surface area contributed by atoms with Crippen molar-refractivity contribution < 1.29 is 18.9 Å². The minimum atomic E-state index is -0.724. The number of thiophene rings is 1. The van der Waals surface area contributed by atoms with E-state index in [4.69, 9.17) is 10.2 Å². The van der Waals surface area contributed by atoms with Gasteiger partial charge in [0.1, 0.15) is 22.7 Å². The van der Waals surface area contributed by atoms with Crippen molar-refractivity contribution in [1.29, 1.82) is 0 Å². The summed E-state index contributed by atoms with van der Waals surface area (Å²) in [5, 5.41) is 3.77. The van der Waals surface area contributed by atoms with Gasteiger partial charge in [-0.1, -0.05) is 18.2 Å². The van der Waals surface area contributed by atoms with E-state index >= 15 is 0 Å². The second kappa shape index (κ2) is 7.46. The van der Waals surface area contributed by atoms with Crippen LogP contribution < -0.4 is 21.6 Å². The van der Waals surface area contributed by atoms with Gasteiger partial charge in [-0.05, 0) is 31.5 Å². The first-order valence-corrected chi connectivity index (χ1v) is 10.3. The average Bonchev–Trinajstić information content (AvgIpc) is 3.04. The lowest BCUT2D eigenvalue weighted by atomic mass is 10.0. The third-order valence-electron chi connectivity index (χ3n) is 5.35. The maximum atomic E-state index is 12.8. The lowest BCUT2D eigenvalue weighted by Crippen LogP contribution is -3.14. The number of nitrogens with two attached hydrogens (primary N) is 1. The zero-order chi connectivity index (χ0) is 20.7. The number of amides is 2. The van der Waals surface area contributed by atoms with Gasteiger partial charge >= 0.3 is 5.63 Å². The molecule has 7 nitrogen and oxygen atoms in total. The molecule has 0 fully saturated rings. The van der Waals surface area contributed by atoms with Gasteiger partial charge in [0, 0.05) is 11.8 Å². The molecule has 2 aromatic heterocycles. The molecule has 0 bridgehead atoms. The quantitative estimate of drug-likeness (QED) is 0.565. The molecular weight excluding hydrogens is 390 g/mol. The van der Waals surface area contributed by atoms with E-state index in [1.165, 1.54) is 22.3 Å². The van der Waals surface area contributed by atoms with Crippen LogP contribution >= 0.6 is 11.3 Å². The Morgan fingerprint density at radius 2 is 2.03 bits per heavy atom. The predicted octanol–water partition coefficient (Wildman–Crippen LogP) is 1.56. The van der Waals surface area contributed by atoms with Crippen LogP contribution in [0.3, 0.4) is 0 Å². The molecule has 0 saturated heterocycles. The third-order valence-corrected chi connectivity index (χ3v) is 6.50. The number of para-hydroxylation sites is 1. The van der Waals surface area contributed by atoms with Gasteiger partial charge < -0.3 is 20.4 Å². The molecule has 3 aromatic rings. The molecule has 0 saturated carbocycles. The second-order valence-corrected chi connectivity index (χ2v) is 8.61. The first kappa shape index (κ1) is 19.4. The highest BCUT2D eigenvalue weighted by molar-refractivity contribution is 7.17. The van der Waals surface area contributed by atoms with E-state index in [9.17, 15) is 14.4 Å². The molecular formula is C21H22N3O4S+. The third kappa shape index (κ3) is 3.56. The van der Waals surface area contributed by atoms with Gasteiger partial charge in [0.25, 0.3) is 11.8 Å². The van der Waals surface area contributed by atoms with Crippen LogP contribution in [0, 0.1) is 0 Å². The van der Waals surface area contributed by atoms with E-state index in [-0.39, 0.29) is 5.56 Å². The molecule has 0 aliphatic carbocycles. The Labute approximate surface area is 171 Å². The SMILES string of the molecule is CC(C)[NH+]1CCc2c(sc(NC(=O)c3cc4ccccc4oc3=O)c2C(N)=O)C1. The topological polar surface area (TPSA) is 107 Å². The van der Waals surface area contributed by atoms with Crippen LogP contribution in [-0.4, -0.2) is 24.4 Å². The fourth-order valence-corrected chi connectivity index (χ4v) is 5.03. The van der Waals surface area contributed by atoms with Crippen LogP contribution in [0.25, 0.3) is 11.0 Å². The van der Waals surface area contributed by atoms with Gasteiger partial charge in [-0.15, -0.1) is 11.3 Å². The molecule has 1 aliphatic heterocycles. The number of nitrogens with one attached hydrogen (secondary N) is 2. The highest BCUT2D eigenvalue weighted by atomic mass is 32.1. The van der Waals surface area contributed by atoms with Crippen LogP contribution in [0.4, 0.5) is 5.00 Å². The number of hydrogen-bond donors (Lipinski definition) is 3. The van der Waals surface area contributed by atoms with E-state index in [0.717, 1.165) is 30.0 Å². The van der Waals surface area contributed by atoms with E-state index in [1.807, 2.05) is 0 Å². The van der Waals surface area contributed by atoms with Gasteiger partial charge in [-0.2, -0.15) is 0 Å². The second-order valence-electron chi connectivity index (χ2n) is 7.50. The Balaban J connectivity index is 1.69. The van der Waals surface area contributed by atoms with Gasteiger partial charge in [0.2, 0.25) is 0 Å². The molecule has 1 aromatic carbocycles. The van der Waals surface area contributed by atoms with E-state index in [0.29, 0.717) is 27.6 Å². The summed E-state index contributed by atoms with van der Waals surface area (Å²) in [6, 6.07) is 8.94. The lowest BCUT2D eigenvalue weighted by molar-refractivity contribution is -0.936. The number of carbonyl (C=O) groups is 2. The number of fused-ring (bicyclic) bond motifs is 2. The first-order chi connectivity index (χ1) is 13.8. The Morgan fingerprint density at radius 1 is 1.28 bits per heavy atom. The highest BCUT2D eigenvalue weighted by Gasteiger charge is 2.31. The summed E-state index contributed by atoms with van der Waals surface area (Å²) in [4.78, 5) is 39.7. The Kier molecular flexibility index (Phi) is 4.97. The monoisotopic (exact) mass is 412 g/mol. The number of benzene rings is 1. The summed E-state index contributed by atoms with van der Waals surface area (Å²) in [6.07, 6.45) is 0.728. The van der Waals surface area contributed by atoms with E-state index in [1.54, 1.807) is 24.3 Å². The molecule has 1 atom stereocenters. The van der Waals surface area contributed by atoms with Crippen LogP contribution in [0.2, 0.25) is 0 Å². The van der Waals surface area contributed by atoms with Gasteiger partial charge in [-0.3, -0.25) is 9.59 Å². The van der Waals surface area contributed by atoms with Crippen LogP contribution in [0.15, 0.2) is 39.5 Å². The number of hydrogen-bond acceptors (Lipinski definition) is 5. The first-order valence-electron chi connectivity index (χ1n) is 9.48. The fourth-order valence-electron chi connectivity index (χ4n) is 3.73. The van der Waals surface area contributed by atoms with Crippen molar-refractivity contribution in [3.8, 4) is 0 Å². The van der Waals surface area contributed by atoms with Crippen molar-refractivity contribution in [2.24, 2.45) is 5.73 Å². The smallest absolute Gasteiger partial charge is 0.349 e. The lowest BCUT2D eigenvalue weighted by Gasteiger charge is -2.27. The molecule has 150 valence electrons. The molecule has 4 rings (SSSR count). The molecule has 1 aliphatic rings. The van der Waals surface area contributed by atoms with Crippen LogP contribution in [0.1, 0.15) is 45.0 Å². The average molecular weight is 412 g/mol. The van der Waals surface area contributed by atoms with Crippen molar-refractivity contribution in [2.45, 2.75) is 32.9 Å². The van der Waals surface area contributed by atoms with Crippen molar-refractivity contribution in [3.05, 3.63) is 62.3 Å². The molecule has 29 heavy (non-hydrogen) atoms. The highest BCUT2D eigenvalue weighted by Crippen LogP contribution is 2.34. The maximum Gasteiger partial charge on any atom is 0.349 e. The Bertz CT molecular complexity index is 1180. The molecule has 2 amide bonds. The number of carbonyl (C=O) groups excluding carboxylic acids is 2. The minimum Gasteiger partial charge on any atom is -0.422 e.